The first-order chi connectivity index (χ1) is 10.2. The Labute approximate surface area is 126 Å². The van der Waals surface area contributed by atoms with Crippen molar-refractivity contribution >= 4 is 34.5 Å². The second kappa shape index (κ2) is 5.54. The zero-order chi connectivity index (χ0) is 14.8. The van der Waals surface area contributed by atoms with E-state index in [0.29, 0.717) is 23.1 Å². The Kier molecular flexibility index (Phi) is 3.58. The smallest absolute Gasteiger partial charge is 0.258 e. The standard InChI is InChI=1S/C15H13ClN4O/c1-2-10-7-9(8-13(16)17-10)14(21)20-15-18-11-5-3-4-6-12(11)19-15/h3-8H,2H2,1H3,(H2,18,19,20,21). The van der Waals surface area contributed by atoms with Gasteiger partial charge in [0.05, 0.1) is 11.0 Å². The summed E-state index contributed by atoms with van der Waals surface area (Å²) in [6.45, 7) is 1.96. The molecule has 0 aliphatic rings. The van der Waals surface area contributed by atoms with Gasteiger partial charge in [-0.25, -0.2) is 9.97 Å². The Hall–Kier alpha value is -2.40. The van der Waals surface area contributed by atoms with Gasteiger partial charge in [0.2, 0.25) is 5.95 Å². The molecule has 5 nitrogen and oxygen atoms in total. The number of carbonyl (C=O) groups is 1. The number of H-pyrrole nitrogens is 1. The van der Waals surface area contributed by atoms with Crippen molar-refractivity contribution in [3.63, 3.8) is 0 Å². The Balaban J connectivity index is 1.87. The zero-order valence-electron chi connectivity index (χ0n) is 11.4. The average Bonchev–Trinajstić information content (AvgIpc) is 2.88. The zero-order valence-corrected chi connectivity index (χ0v) is 12.1. The van der Waals surface area contributed by atoms with Crippen LogP contribution in [0.25, 0.3) is 11.0 Å². The summed E-state index contributed by atoms with van der Waals surface area (Å²) in [5.74, 6) is 0.139. The van der Waals surface area contributed by atoms with E-state index in [9.17, 15) is 4.79 Å². The number of rotatable bonds is 3. The Morgan fingerprint density at radius 1 is 1.29 bits per heavy atom. The summed E-state index contributed by atoms with van der Waals surface area (Å²) in [6.07, 6.45) is 0.714. The van der Waals surface area contributed by atoms with Gasteiger partial charge in [-0.15, -0.1) is 0 Å². The van der Waals surface area contributed by atoms with Crippen LogP contribution in [0.15, 0.2) is 36.4 Å². The van der Waals surface area contributed by atoms with Crippen molar-refractivity contribution in [3.8, 4) is 0 Å². The second-order valence-electron chi connectivity index (χ2n) is 4.58. The van der Waals surface area contributed by atoms with Gasteiger partial charge in [0.1, 0.15) is 5.15 Å². The number of aromatic amines is 1. The monoisotopic (exact) mass is 300 g/mol. The number of carbonyl (C=O) groups excluding carboxylic acids is 1. The van der Waals surface area contributed by atoms with Gasteiger partial charge in [-0.3, -0.25) is 10.1 Å². The lowest BCUT2D eigenvalue weighted by Gasteiger charge is -2.04. The van der Waals surface area contributed by atoms with Crippen molar-refractivity contribution in [1.29, 1.82) is 0 Å². The molecule has 0 radical (unpaired) electrons. The van der Waals surface area contributed by atoms with E-state index in [1.807, 2.05) is 31.2 Å². The van der Waals surface area contributed by atoms with Crippen LogP contribution in [0.5, 0.6) is 0 Å². The summed E-state index contributed by atoms with van der Waals surface area (Å²) in [5, 5.41) is 3.04. The molecule has 1 aromatic carbocycles. The summed E-state index contributed by atoms with van der Waals surface area (Å²) in [4.78, 5) is 23.7. The highest BCUT2D eigenvalue weighted by Crippen LogP contribution is 2.16. The van der Waals surface area contributed by atoms with Crippen LogP contribution < -0.4 is 5.32 Å². The number of fused-ring (bicyclic) bond motifs is 1. The second-order valence-corrected chi connectivity index (χ2v) is 4.97. The number of anilines is 1. The van der Waals surface area contributed by atoms with Crippen molar-refractivity contribution < 1.29 is 4.79 Å². The number of aryl methyl sites for hydroxylation is 1. The van der Waals surface area contributed by atoms with E-state index in [2.05, 4.69) is 20.3 Å². The van der Waals surface area contributed by atoms with E-state index in [1.165, 1.54) is 0 Å². The van der Waals surface area contributed by atoms with Gasteiger partial charge < -0.3 is 4.98 Å². The SMILES string of the molecule is CCc1cc(C(=O)Nc2nc3ccccc3[nH]2)cc(Cl)n1. The third-order valence-electron chi connectivity index (χ3n) is 3.09. The number of nitrogens with one attached hydrogen (secondary N) is 2. The van der Waals surface area contributed by atoms with E-state index >= 15 is 0 Å². The summed E-state index contributed by atoms with van der Waals surface area (Å²) in [7, 11) is 0. The van der Waals surface area contributed by atoms with E-state index < -0.39 is 0 Å². The molecule has 2 N–H and O–H groups in total. The van der Waals surface area contributed by atoms with Crippen molar-refractivity contribution in [3.05, 3.63) is 52.8 Å². The Morgan fingerprint density at radius 2 is 2.10 bits per heavy atom. The molecular formula is C15H13ClN4O. The number of benzene rings is 1. The van der Waals surface area contributed by atoms with Crippen LogP contribution in [0.3, 0.4) is 0 Å². The lowest BCUT2D eigenvalue weighted by atomic mass is 10.2. The molecule has 0 spiro atoms. The van der Waals surface area contributed by atoms with Crippen LogP contribution in [0.2, 0.25) is 5.15 Å². The van der Waals surface area contributed by atoms with Gasteiger partial charge in [-0.1, -0.05) is 30.7 Å². The molecule has 6 heteroatoms. The van der Waals surface area contributed by atoms with E-state index in [1.54, 1.807) is 12.1 Å². The molecule has 0 unspecified atom stereocenters. The third-order valence-corrected chi connectivity index (χ3v) is 3.29. The molecule has 3 rings (SSSR count). The first kappa shape index (κ1) is 13.6. The van der Waals surface area contributed by atoms with Gasteiger partial charge in [0.15, 0.2) is 0 Å². The van der Waals surface area contributed by atoms with Crippen molar-refractivity contribution in [2.24, 2.45) is 0 Å². The number of hydrogen-bond acceptors (Lipinski definition) is 3. The number of nitrogens with zero attached hydrogens (tertiary/aromatic N) is 2. The first-order valence-electron chi connectivity index (χ1n) is 6.58. The number of imidazole rings is 1. The molecule has 106 valence electrons. The van der Waals surface area contributed by atoms with E-state index in [0.717, 1.165) is 16.7 Å². The number of aromatic nitrogens is 3. The molecule has 2 heterocycles. The largest absolute Gasteiger partial charge is 0.324 e. The number of hydrogen-bond donors (Lipinski definition) is 2. The molecular weight excluding hydrogens is 288 g/mol. The molecule has 21 heavy (non-hydrogen) atoms. The predicted octanol–water partition coefficient (Wildman–Crippen LogP) is 3.43. The average molecular weight is 301 g/mol. The number of pyridine rings is 1. The van der Waals surface area contributed by atoms with Gasteiger partial charge in [-0.05, 0) is 30.7 Å². The molecule has 0 saturated heterocycles. The van der Waals surface area contributed by atoms with Crippen LogP contribution in [0, 0.1) is 0 Å². The molecule has 0 fully saturated rings. The number of para-hydroxylation sites is 2. The minimum Gasteiger partial charge on any atom is -0.324 e. The fourth-order valence-corrected chi connectivity index (χ4v) is 2.28. The molecule has 0 aliphatic carbocycles. The van der Waals surface area contributed by atoms with E-state index in [4.69, 9.17) is 11.6 Å². The Morgan fingerprint density at radius 3 is 2.86 bits per heavy atom. The highest BCUT2D eigenvalue weighted by molar-refractivity contribution is 6.29. The van der Waals surface area contributed by atoms with Gasteiger partial charge in [0.25, 0.3) is 5.91 Å². The van der Waals surface area contributed by atoms with Crippen molar-refractivity contribution in [2.45, 2.75) is 13.3 Å². The van der Waals surface area contributed by atoms with Crippen LogP contribution in [-0.2, 0) is 6.42 Å². The molecule has 0 atom stereocenters. The van der Waals surface area contributed by atoms with Gasteiger partial charge in [0, 0.05) is 11.3 Å². The Bertz CT molecular complexity index is 779. The minimum absolute atomic E-state index is 0.270. The summed E-state index contributed by atoms with van der Waals surface area (Å²) in [6, 6.07) is 10.8. The lowest BCUT2D eigenvalue weighted by molar-refractivity contribution is 0.102. The number of amides is 1. The molecule has 2 aromatic heterocycles. The fourth-order valence-electron chi connectivity index (χ4n) is 2.06. The molecule has 0 saturated carbocycles. The quantitative estimate of drug-likeness (QED) is 0.728. The maximum absolute atomic E-state index is 12.3. The molecule has 1 amide bonds. The van der Waals surface area contributed by atoms with Crippen LogP contribution in [0.1, 0.15) is 23.0 Å². The molecule has 3 aromatic rings. The van der Waals surface area contributed by atoms with Gasteiger partial charge >= 0.3 is 0 Å². The van der Waals surface area contributed by atoms with Crippen molar-refractivity contribution in [1.82, 2.24) is 15.0 Å². The normalized spacial score (nSPS) is 10.8. The predicted molar refractivity (Wildman–Crippen MR) is 82.7 cm³/mol. The van der Waals surface area contributed by atoms with Crippen LogP contribution in [-0.4, -0.2) is 20.9 Å². The molecule has 0 bridgehead atoms. The first-order valence-corrected chi connectivity index (χ1v) is 6.96. The number of halogens is 1. The highest BCUT2D eigenvalue weighted by Gasteiger charge is 2.11. The fraction of sp³-hybridized carbons (Fsp3) is 0.133. The van der Waals surface area contributed by atoms with E-state index in [-0.39, 0.29) is 5.91 Å². The van der Waals surface area contributed by atoms with Gasteiger partial charge in [-0.2, -0.15) is 0 Å². The maximum Gasteiger partial charge on any atom is 0.258 e. The van der Waals surface area contributed by atoms with Crippen molar-refractivity contribution in [2.75, 3.05) is 5.32 Å². The summed E-state index contributed by atoms with van der Waals surface area (Å²) in [5.41, 5.74) is 2.91. The summed E-state index contributed by atoms with van der Waals surface area (Å²) >= 11 is 5.93. The topological polar surface area (TPSA) is 70.7 Å². The molecule has 0 aliphatic heterocycles. The van der Waals surface area contributed by atoms with Crippen LogP contribution >= 0.6 is 11.6 Å². The third kappa shape index (κ3) is 2.87. The highest BCUT2D eigenvalue weighted by atomic mass is 35.5. The van der Waals surface area contributed by atoms with Crippen LogP contribution in [0.4, 0.5) is 5.95 Å². The lowest BCUT2D eigenvalue weighted by Crippen LogP contribution is -2.13. The minimum atomic E-state index is -0.270. The summed E-state index contributed by atoms with van der Waals surface area (Å²) < 4.78 is 0. The maximum atomic E-state index is 12.3.